The zero-order valence-corrected chi connectivity index (χ0v) is 12.6. The molecule has 1 fully saturated rings. The van der Waals surface area contributed by atoms with Gasteiger partial charge in [0, 0.05) is 19.1 Å². The molecule has 0 amide bonds. The number of aliphatic imine (C=N–C) groups is 1. The van der Waals surface area contributed by atoms with Gasteiger partial charge in [-0.05, 0) is 26.9 Å². The molecule has 19 heavy (non-hydrogen) atoms. The first kappa shape index (κ1) is 15.8. The molecule has 0 atom stereocenters. The average Bonchev–Trinajstić information content (AvgIpc) is 2.65. The third-order valence-corrected chi connectivity index (χ3v) is 4.15. The smallest absolute Gasteiger partial charge is 0.191 e. The number of hydrogen-bond acceptors (Lipinski definition) is 2. The van der Waals surface area contributed by atoms with E-state index in [1.807, 2.05) is 0 Å². The van der Waals surface area contributed by atoms with E-state index in [2.05, 4.69) is 40.5 Å². The largest absolute Gasteiger partial charge is 0.355 e. The second-order valence-electron chi connectivity index (χ2n) is 5.52. The van der Waals surface area contributed by atoms with Crippen LogP contribution >= 0.6 is 0 Å². The van der Waals surface area contributed by atoms with Gasteiger partial charge in [0.05, 0.1) is 6.54 Å². The van der Waals surface area contributed by atoms with Gasteiger partial charge >= 0.3 is 0 Å². The predicted octanol–water partition coefficient (Wildman–Crippen LogP) is 1.44. The Balaban J connectivity index is 2.60. The van der Waals surface area contributed by atoms with Crippen LogP contribution in [0.3, 0.4) is 0 Å². The third kappa shape index (κ3) is 4.76. The van der Waals surface area contributed by atoms with Crippen molar-refractivity contribution in [2.45, 2.75) is 44.1 Å². The van der Waals surface area contributed by atoms with Crippen molar-refractivity contribution in [2.24, 2.45) is 4.99 Å². The lowest BCUT2D eigenvalue weighted by Crippen LogP contribution is -2.54. The Morgan fingerprint density at radius 3 is 2.32 bits per heavy atom. The number of likely N-dealkylation sites (N-methyl/N-ethyl adjacent to an activating group) is 1. The molecular weight excluding hydrogens is 236 g/mol. The van der Waals surface area contributed by atoms with Gasteiger partial charge in [-0.3, -0.25) is 4.99 Å². The highest BCUT2D eigenvalue weighted by molar-refractivity contribution is 5.79. The third-order valence-electron chi connectivity index (χ3n) is 4.15. The molecule has 0 bridgehead atoms. The summed E-state index contributed by atoms with van der Waals surface area (Å²) in [5, 5.41) is 6.54. The van der Waals surface area contributed by atoms with Gasteiger partial charge in [-0.15, -0.1) is 6.42 Å². The zero-order chi connectivity index (χ0) is 14.1. The van der Waals surface area contributed by atoms with Crippen molar-refractivity contribution < 1.29 is 0 Å². The van der Waals surface area contributed by atoms with Gasteiger partial charge in [-0.2, -0.15) is 0 Å². The highest BCUT2D eigenvalue weighted by atomic mass is 15.2. The molecule has 0 radical (unpaired) electrons. The zero-order valence-electron chi connectivity index (χ0n) is 12.6. The molecule has 108 valence electrons. The highest BCUT2D eigenvalue weighted by Crippen LogP contribution is 2.30. The van der Waals surface area contributed by atoms with Gasteiger partial charge in [0.2, 0.25) is 0 Å². The van der Waals surface area contributed by atoms with Crippen LogP contribution in [0.1, 0.15) is 38.5 Å². The Hall–Kier alpha value is -1.21. The maximum absolute atomic E-state index is 5.26. The maximum Gasteiger partial charge on any atom is 0.191 e. The summed E-state index contributed by atoms with van der Waals surface area (Å²) in [5.41, 5.74) is 0.240. The number of terminal acetylenes is 1. The minimum absolute atomic E-state index is 0.240. The van der Waals surface area contributed by atoms with Crippen LogP contribution in [0, 0.1) is 12.3 Å². The van der Waals surface area contributed by atoms with E-state index in [0.717, 1.165) is 12.5 Å². The minimum atomic E-state index is 0.240. The molecule has 0 spiro atoms. The van der Waals surface area contributed by atoms with Crippen LogP contribution < -0.4 is 10.6 Å². The number of nitrogens with zero attached hydrogens (tertiary/aromatic N) is 2. The first-order valence-electron chi connectivity index (χ1n) is 7.20. The van der Waals surface area contributed by atoms with E-state index in [9.17, 15) is 0 Å². The van der Waals surface area contributed by atoms with E-state index in [-0.39, 0.29) is 5.54 Å². The van der Waals surface area contributed by atoms with Crippen LogP contribution in [0.5, 0.6) is 0 Å². The highest BCUT2D eigenvalue weighted by Gasteiger charge is 2.33. The minimum Gasteiger partial charge on any atom is -0.355 e. The summed E-state index contributed by atoms with van der Waals surface area (Å²) in [6.45, 7) is 1.43. The first-order valence-corrected chi connectivity index (χ1v) is 7.20. The molecule has 4 nitrogen and oxygen atoms in total. The maximum atomic E-state index is 5.26. The van der Waals surface area contributed by atoms with E-state index >= 15 is 0 Å². The molecule has 1 aliphatic carbocycles. The SMILES string of the molecule is C#CCNC(=NC)NCC1(N(C)C)CCCCCC1. The molecule has 1 saturated carbocycles. The van der Waals surface area contributed by atoms with Crippen molar-refractivity contribution in [2.75, 3.05) is 34.2 Å². The van der Waals surface area contributed by atoms with Crippen LogP contribution in [0.4, 0.5) is 0 Å². The lowest BCUT2D eigenvalue weighted by atomic mass is 9.89. The van der Waals surface area contributed by atoms with Crippen LogP contribution in [-0.2, 0) is 0 Å². The van der Waals surface area contributed by atoms with E-state index in [4.69, 9.17) is 6.42 Å². The molecule has 4 heteroatoms. The lowest BCUT2D eigenvalue weighted by Gasteiger charge is -2.40. The van der Waals surface area contributed by atoms with Crippen molar-refractivity contribution in [1.29, 1.82) is 0 Å². The van der Waals surface area contributed by atoms with E-state index in [1.165, 1.54) is 38.5 Å². The second-order valence-corrected chi connectivity index (χ2v) is 5.52. The summed E-state index contributed by atoms with van der Waals surface area (Å²) in [7, 11) is 6.15. The van der Waals surface area contributed by atoms with Gasteiger partial charge < -0.3 is 15.5 Å². The van der Waals surface area contributed by atoms with Gasteiger partial charge in [0.25, 0.3) is 0 Å². The lowest BCUT2D eigenvalue weighted by molar-refractivity contribution is 0.132. The second kappa shape index (κ2) is 8.06. The van der Waals surface area contributed by atoms with Gasteiger partial charge in [0.1, 0.15) is 0 Å². The average molecular weight is 264 g/mol. The Morgan fingerprint density at radius 1 is 1.21 bits per heavy atom. The Kier molecular flexibility index (Phi) is 6.72. The van der Waals surface area contributed by atoms with Gasteiger partial charge in [-0.1, -0.05) is 31.6 Å². The number of nitrogens with one attached hydrogen (secondary N) is 2. The van der Waals surface area contributed by atoms with Crippen LogP contribution in [0.2, 0.25) is 0 Å². The van der Waals surface area contributed by atoms with Crippen molar-refractivity contribution in [1.82, 2.24) is 15.5 Å². The van der Waals surface area contributed by atoms with Gasteiger partial charge in [0.15, 0.2) is 5.96 Å². The fraction of sp³-hybridized carbons (Fsp3) is 0.800. The fourth-order valence-corrected chi connectivity index (χ4v) is 2.77. The Bertz CT molecular complexity index is 320. The molecular formula is C15H28N4. The van der Waals surface area contributed by atoms with E-state index in [0.29, 0.717) is 6.54 Å². The van der Waals surface area contributed by atoms with Crippen molar-refractivity contribution in [3.63, 3.8) is 0 Å². The molecule has 2 N–H and O–H groups in total. The van der Waals surface area contributed by atoms with Gasteiger partial charge in [-0.25, -0.2) is 0 Å². The van der Waals surface area contributed by atoms with Crippen molar-refractivity contribution >= 4 is 5.96 Å². The Morgan fingerprint density at radius 2 is 1.84 bits per heavy atom. The topological polar surface area (TPSA) is 39.7 Å². The summed E-state index contributed by atoms with van der Waals surface area (Å²) in [5.74, 6) is 3.37. The predicted molar refractivity (Wildman–Crippen MR) is 82.3 cm³/mol. The summed E-state index contributed by atoms with van der Waals surface area (Å²) in [6, 6.07) is 0. The van der Waals surface area contributed by atoms with Crippen molar-refractivity contribution in [3.8, 4) is 12.3 Å². The normalized spacial score (nSPS) is 19.6. The van der Waals surface area contributed by atoms with Crippen LogP contribution in [0.25, 0.3) is 0 Å². The van der Waals surface area contributed by atoms with Crippen LogP contribution in [-0.4, -0.2) is 50.6 Å². The first-order chi connectivity index (χ1) is 9.14. The summed E-state index contributed by atoms with van der Waals surface area (Å²) in [6.07, 6.45) is 13.1. The number of hydrogen-bond donors (Lipinski definition) is 2. The fourth-order valence-electron chi connectivity index (χ4n) is 2.77. The van der Waals surface area contributed by atoms with Crippen molar-refractivity contribution in [3.05, 3.63) is 0 Å². The molecule has 0 aromatic carbocycles. The molecule has 0 heterocycles. The summed E-state index contributed by atoms with van der Waals surface area (Å²) >= 11 is 0. The Labute approximate surface area is 118 Å². The van der Waals surface area contributed by atoms with E-state index in [1.54, 1.807) is 7.05 Å². The van der Waals surface area contributed by atoms with Crippen LogP contribution in [0.15, 0.2) is 4.99 Å². The number of guanidine groups is 1. The summed E-state index contributed by atoms with van der Waals surface area (Å²) in [4.78, 5) is 6.58. The quantitative estimate of drug-likeness (QED) is 0.349. The molecule has 1 aliphatic rings. The molecule has 0 aliphatic heterocycles. The number of rotatable bonds is 4. The molecule has 0 saturated heterocycles. The summed E-state index contributed by atoms with van der Waals surface area (Å²) < 4.78 is 0. The van der Waals surface area contributed by atoms with E-state index < -0.39 is 0 Å². The monoisotopic (exact) mass is 264 g/mol. The molecule has 0 unspecified atom stereocenters. The molecule has 0 aromatic heterocycles. The molecule has 0 aromatic rings. The molecule has 1 rings (SSSR count). The standard InChI is InChI=1S/C15H28N4/c1-5-12-17-14(16-2)18-13-15(19(3)4)10-8-6-7-9-11-15/h1H,6-13H2,2-4H3,(H2,16,17,18).